The van der Waals surface area contributed by atoms with E-state index in [0.29, 0.717) is 24.8 Å². The topological polar surface area (TPSA) is 162 Å². The zero-order chi connectivity index (χ0) is 34.7. The lowest BCUT2D eigenvalue weighted by Gasteiger charge is -2.47. The van der Waals surface area contributed by atoms with E-state index in [1.807, 2.05) is 56.0 Å². The molecule has 0 spiro atoms. The zero-order valence-corrected chi connectivity index (χ0v) is 29.8. The molecule has 1 heterocycles. The number of carbonyl (C=O) groups excluding carboxylic acids is 3. The molecule has 1 aliphatic carbocycles. The van der Waals surface area contributed by atoms with E-state index in [1.165, 1.54) is 18.7 Å². The Kier molecular flexibility index (Phi) is 12.3. The molecule has 2 aliphatic rings. The Morgan fingerprint density at radius 3 is 2.17 bits per heavy atom. The molecule has 46 heavy (non-hydrogen) atoms. The number of nitrogens with two attached hydrogens (primary N) is 1. The Morgan fingerprint density at radius 2 is 1.63 bits per heavy atom. The molecule has 1 aliphatic heterocycles. The number of nitrogens with one attached hydrogen (secondary N) is 2. The summed E-state index contributed by atoms with van der Waals surface area (Å²) in [6, 6.07) is 7.92. The van der Waals surface area contributed by atoms with Gasteiger partial charge in [-0.25, -0.2) is 8.42 Å². The van der Waals surface area contributed by atoms with Crippen LogP contribution in [0.2, 0.25) is 0 Å². The second kappa shape index (κ2) is 14.8. The number of benzene rings is 1. The lowest BCUT2D eigenvalue weighted by Crippen LogP contribution is -2.75. The van der Waals surface area contributed by atoms with Crippen LogP contribution < -0.4 is 16.4 Å². The first kappa shape index (κ1) is 38.1. The minimum Gasteiger partial charge on any atom is -0.390 e. The van der Waals surface area contributed by atoms with Crippen LogP contribution in [0.1, 0.15) is 72.3 Å². The summed E-state index contributed by atoms with van der Waals surface area (Å²) in [5, 5.41) is 17.8. The maximum Gasteiger partial charge on any atom is 0.249 e. The first-order valence-electron chi connectivity index (χ1n) is 16.4. The van der Waals surface area contributed by atoms with Crippen molar-refractivity contribution < 1.29 is 27.9 Å². The maximum absolute atomic E-state index is 14.2. The van der Waals surface area contributed by atoms with Crippen molar-refractivity contribution in [1.29, 1.82) is 0 Å². The van der Waals surface area contributed by atoms with E-state index >= 15 is 0 Å². The van der Waals surface area contributed by atoms with E-state index in [-0.39, 0.29) is 25.4 Å². The van der Waals surface area contributed by atoms with Gasteiger partial charge in [0.2, 0.25) is 11.8 Å². The van der Waals surface area contributed by atoms with Crippen molar-refractivity contribution in [3.05, 3.63) is 35.9 Å². The average Bonchev–Trinajstić information content (AvgIpc) is 2.94. The lowest BCUT2D eigenvalue weighted by atomic mass is 9.72. The van der Waals surface area contributed by atoms with Gasteiger partial charge in [0, 0.05) is 24.9 Å². The van der Waals surface area contributed by atoms with Crippen molar-refractivity contribution in [1.82, 2.24) is 20.4 Å². The summed E-state index contributed by atoms with van der Waals surface area (Å²) in [6.45, 7) is 8.88. The minimum atomic E-state index is -4.01. The molecule has 6 unspecified atom stereocenters. The number of ketones is 1. The van der Waals surface area contributed by atoms with Gasteiger partial charge < -0.3 is 26.4 Å². The van der Waals surface area contributed by atoms with Crippen LogP contribution in [0, 0.1) is 11.8 Å². The first-order valence-corrected chi connectivity index (χ1v) is 18.3. The van der Waals surface area contributed by atoms with Crippen LogP contribution in [0.15, 0.2) is 30.3 Å². The molecule has 3 rings (SSSR count). The number of piperidine rings is 1. The van der Waals surface area contributed by atoms with Gasteiger partial charge in [0.15, 0.2) is 21.2 Å². The summed E-state index contributed by atoms with van der Waals surface area (Å²) in [4.78, 5) is 44.9. The summed E-state index contributed by atoms with van der Waals surface area (Å²) in [5.41, 5.74) is 4.55. The number of rotatable bonds is 13. The number of likely N-dealkylation sites (N-methyl/N-ethyl adjacent to an activating group) is 1. The number of β-amino-alcohol motifs (C(OH)–C–C–N with tert-alkyl or cyclic N) is 1. The second-order valence-corrected chi connectivity index (χ2v) is 17.9. The Balaban J connectivity index is 1.98. The highest BCUT2D eigenvalue weighted by Crippen LogP contribution is 2.39. The van der Waals surface area contributed by atoms with Gasteiger partial charge in [-0.05, 0) is 85.4 Å². The van der Waals surface area contributed by atoms with E-state index in [2.05, 4.69) is 10.6 Å². The normalized spacial score (nSPS) is 23.9. The van der Waals surface area contributed by atoms with Crippen molar-refractivity contribution in [2.45, 2.75) is 107 Å². The fourth-order valence-corrected chi connectivity index (χ4v) is 7.66. The molecule has 11 nitrogen and oxygen atoms in total. The SMILES string of the molecule is CN(C)CC(=O)C(N)(C(=O)NC(Cc1ccccc1)C(O)CN1CC2CCCCC2CC1C(=O)NC(C)(C)C)C(C)(C)S(C)(=O)=O. The number of aliphatic hydroxyl groups is 1. The number of carbonyl (C=O) groups is 3. The van der Waals surface area contributed by atoms with Crippen LogP contribution in [-0.2, 0) is 30.6 Å². The summed E-state index contributed by atoms with van der Waals surface area (Å²) in [5.74, 6) is -0.953. The van der Waals surface area contributed by atoms with Gasteiger partial charge in [-0.2, -0.15) is 0 Å². The zero-order valence-electron chi connectivity index (χ0n) is 29.0. The van der Waals surface area contributed by atoms with Crippen LogP contribution in [0.25, 0.3) is 0 Å². The van der Waals surface area contributed by atoms with E-state index in [4.69, 9.17) is 5.73 Å². The highest BCUT2D eigenvalue weighted by atomic mass is 32.2. The van der Waals surface area contributed by atoms with Gasteiger partial charge in [-0.1, -0.05) is 49.6 Å². The lowest BCUT2D eigenvalue weighted by molar-refractivity contribution is -0.139. The number of fused-ring (bicyclic) bond motifs is 1. The van der Waals surface area contributed by atoms with Crippen LogP contribution in [0.4, 0.5) is 0 Å². The molecule has 6 atom stereocenters. The molecule has 12 heteroatoms. The summed E-state index contributed by atoms with van der Waals surface area (Å²) < 4.78 is 24.0. The van der Waals surface area contributed by atoms with Crippen LogP contribution >= 0.6 is 0 Å². The fraction of sp³-hybridized carbons (Fsp3) is 0.735. The monoisotopic (exact) mass is 663 g/mol. The second-order valence-electron chi connectivity index (χ2n) is 15.3. The molecule has 1 saturated carbocycles. The Labute approximate surface area is 276 Å². The van der Waals surface area contributed by atoms with Crippen molar-refractivity contribution in [2.24, 2.45) is 17.6 Å². The van der Waals surface area contributed by atoms with Crippen molar-refractivity contribution in [2.75, 3.05) is 40.0 Å². The number of aliphatic hydroxyl groups excluding tert-OH is 1. The smallest absolute Gasteiger partial charge is 0.249 e. The maximum atomic E-state index is 14.2. The summed E-state index contributed by atoms with van der Waals surface area (Å²) in [7, 11) is -0.743. The third-order valence-electron chi connectivity index (χ3n) is 9.94. The molecule has 0 aromatic heterocycles. The predicted molar refractivity (Wildman–Crippen MR) is 181 cm³/mol. The van der Waals surface area contributed by atoms with E-state index in [9.17, 15) is 27.9 Å². The minimum absolute atomic E-state index is 0.0856. The van der Waals surface area contributed by atoms with Gasteiger partial charge in [0.1, 0.15) is 4.75 Å². The third kappa shape index (κ3) is 8.94. The molecule has 2 amide bonds. The van der Waals surface area contributed by atoms with E-state index in [0.717, 1.165) is 37.5 Å². The quantitative estimate of drug-likeness (QED) is 0.229. The molecule has 0 radical (unpaired) electrons. The Morgan fingerprint density at radius 1 is 1.04 bits per heavy atom. The number of nitrogens with zero attached hydrogens (tertiary/aromatic N) is 2. The Bertz CT molecular complexity index is 1330. The molecule has 1 aromatic carbocycles. The largest absolute Gasteiger partial charge is 0.390 e. The Hall–Kier alpha value is -2.38. The fourth-order valence-electron chi connectivity index (χ4n) is 6.87. The molecule has 0 bridgehead atoms. The molecule has 1 aromatic rings. The summed E-state index contributed by atoms with van der Waals surface area (Å²) >= 11 is 0. The molecule has 5 N–H and O–H groups in total. The van der Waals surface area contributed by atoms with Crippen molar-refractivity contribution in [3.8, 4) is 0 Å². The van der Waals surface area contributed by atoms with Crippen LogP contribution in [0.3, 0.4) is 0 Å². The molecular weight excluding hydrogens is 606 g/mol. The standard InChI is InChI=1S/C34H57N5O6S/c1-32(2,3)37-30(42)27-19-24-16-12-13-17-25(24)20-39(27)21-28(40)26(18-23-14-10-9-11-15-23)36-31(43)34(35,29(41)22-38(6)7)33(4,5)46(8,44)45/h9-11,14-15,24-28,40H,12-13,16-22,35H2,1-8H3,(H,36,43)(H,37,42). The van der Waals surface area contributed by atoms with E-state index in [1.54, 1.807) is 14.1 Å². The van der Waals surface area contributed by atoms with Gasteiger partial charge in [0.25, 0.3) is 0 Å². The molecule has 260 valence electrons. The van der Waals surface area contributed by atoms with Crippen LogP contribution in [0.5, 0.6) is 0 Å². The van der Waals surface area contributed by atoms with Crippen LogP contribution in [-0.4, -0.2) is 115 Å². The number of Topliss-reactive ketones (excluding diaryl/α,β-unsaturated/α-hetero) is 1. The van der Waals surface area contributed by atoms with Gasteiger partial charge in [-0.15, -0.1) is 0 Å². The number of sulfone groups is 1. The molecule has 2 fully saturated rings. The third-order valence-corrected chi connectivity index (χ3v) is 12.1. The van der Waals surface area contributed by atoms with E-state index < -0.39 is 55.5 Å². The predicted octanol–water partition coefficient (Wildman–Crippen LogP) is 1.52. The van der Waals surface area contributed by atoms with Gasteiger partial charge in [-0.3, -0.25) is 19.3 Å². The highest BCUT2D eigenvalue weighted by molar-refractivity contribution is 7.92. The molecule has 1 saturated heterocycles. The van der Waals surface area contributed by atoms with Gasteiger partial charge in [0.05, 0.1) is 24.7 Å². The van der Waals surface area contributed by atoms with Crippen molar-refractivity contribution in [3.63, 3.8) is 0 Å². The first-order chi connectivity index (χ1) is 21.2. The van der Waals surface area contributed by atoms with Gasteiger partial charge >= 0.3 is 0 Å². The number of hydrogen-bond acceptors (Lipinski definition) is 9. The molecular formula is C34H57N5O6S. The average molecular weight is 664 g/mol. The number of hydrogen-bond donors (Lipinski definition) is 4. The van der Waals surface area contributed by atoms with Crippen molar-refractivity contribution >= 4 is 27.4 Å². The number of amides is 2. The number of likely N-dealkylation sites (tertiary alicyclic amines) is 1. The summed E-state index contributed by atoms with van der Waals surface area (Å²) in [6.07, 6.45) is 5.13. The highest BCUT2D eigenvalue weighted by Gasteiger charge is 2.59.